The molecule has 2 aromatic carbocycles. The Hall–Kier alpha value is -4.79. The molecule has 0 saturated carbocycles. The number of benzene rings is 2. The fraction of sp³-hybridized carbons (Fsp3) is 0.378. The van der Waals surface area contributed by atoms with E-state index >= 15 is 0 Å². The molecule has 7 rings (SSSR count). The molecule has 0 unspecified atom stereocenters. The molecule has 5 heterocycles. The number of nitrogens with zero attached hydrogens (tertiary/aromatic N) is 8. The first-order valence-electron chi connectivity index (χ1n) is 16.7. The SMILES string of the molecule is C=C(C(=O)N1CCN(c2nc(OC[C@@H]3CCCN3C)nc3c2CCN(c2cccc4cccc(Cl)c24)C3)C[C@@H]1CC#N)c1cnccc1F. The minimum Gasteiger partial charge on any atom is -0.462 e. The predicted molar refractivity (Wildman–Crippen MR) is 188 cm³/mol. The van der Waals surface area contributed by atoms with Crippen LogP contribution in [0.3, 0.4) is 0 Å². The molecule has 0 bridgehead atoms. The van der Waals surface area contributed by atoms with Gasteiger partial charge in [0.1, 0.15) is 18.2 Å². The molecule has 3 aliphatic heterocycles. The molecule has 2 aromatic heterocycles. The van der Waals surface area contributed by atoms with E-state index in [2.05, 4.69) is 63.6 Å². The number of carbonyl (C=O) groups excluding carboxylic acids is 1. The second kappa shape index (κ2) is 14.0. The molecule has 4 aromatic rings. The summed E-state index contributed by atoms with van der Waals surface area (Å²) in [7, 11) is 2.11. The summed E-state index contributed by atoms with van der Waals surface area (Å²) in [5.74, 6) is -0.208. The Kier molecular flexibility index (Phi) is 9.34. The standard InChI is InChI=1S/C37H38ClFN8O2/c1-24(29-20-41-15-12-31(29)39)36(48)47-19-18-46(21-26(47)11-14-40)35-28-13-17-45(33-10-4-7-25-6-3-9-30(38)34(25)33)22-32(28)42-37(43-35)49-23-27-8-5-16-44(27)2/h3-4,6-7,9-10,12,15,20,26-27H,1,5,8,11,13,16-19,21-23H2,2H3/t26-,27-/m0/s1. The molecule has 2 fully saturated rings. The molecule has 3 aliphatic rings. The minimum atomic E-state index is -0.562. The molecule has 49 heavy (non-hydrogen) atoms. The van der Waals surface area contributed by atoms with E-state index in [1.165, 1.54) is 18.5 Å². The van der Waals surface area contributed by atoms with E-state index in [0.29, 0.717) is 56.3 Å². The third-order valence-electron chi connectivity index (χ3n) is 9.99. The number of likely N-dealkylation sites (N-methyl/N-ethyl adjacent to an activating group) is 1. The van der Waals surface area contributed by atoms with E-state index in [1.54, 1.807) is 4.90 Å². The highest BCUT2D eigenvalue weighted by atomic mass is 35.5. The maximum absolute atomic E-state index is 14.5. The summed E-state index contributed by atoms with van der Waals surface area (Å²) >= 11 is 6.72. The maximum atomic E-state index is 14.5. The number of fused-ring (bicyclic) bond motifs is 2. The molecule has 0 aliphatic carbocycles. The van der Waals surface area contributed by atoms with Crippen LogP contribution in [0.2, 0.25) is 5.02 Å². The molecule has 252 valence electrons. The first-order valence-corrected chi connectivity index (χ1v) is 17.1. The second-order valence-corrected chi connectivity index (χ2v) is 13.3. The van der Waals surface area contributed by atoms with Crippen LogP contribution >= 0.6 is 11.6 Å². The van der Waals surface area contributed by atoms with Gasteiger partial charge in [0.15, 0.2) is 0 Å². The number of halogens is 2. The smallest absolute Gasteiger partial charge is 0.318 e. The van der Waals surface area contributed by atoms with Gasteiger partial charge in [-0.1, -0.05) is 42.4 Å². The number of rotatable bonds is 8. The Balaban J connectivity index is 1.19. The van der Waals surface area contributed by atoms with Gasteiger partial charge in [-0.05, 0) is 56.4 Å². The lowest BCUT2D eigenvalue weighted by Crippen LogP contribution is -2.56. The van der Waals surface area contributed by atoms with Crippen molar-refractivity contribution >= 4 is 45.4 Å². The molecule has 2 saturated heterocycles. The Bertz CT molecular complexity index is 1940. The number of anilines is 2. The third-order valence-corrected chi connectivity index (χ3v) is 10.3. The lowest BCUT2D eigenvalue weighted by Gasteiger charge is -2.42. The van der Waals surface area contributed by atoms with Gasteiger partial charge in [0.2, 0.25) is 0 Å². The Morgan fingerprint density at radius 1 is 1.10 bits per heavy atom. The van der Waals surface area contributed by atoms with Gasteiger partial charge < -0.3 is 24.3 Å². The van der Waals surface area contributed by atoms with Crippen LogP contribution < -0.4 is 14.5 Å². The number of ether oxygens (including phenoxy) is 1. The molecule has 2 atom stereocenters. The zero-order valence-corrected chi connectivity index (χ0v) is 28.2. The van der Waals surface area contributed by atoms with Crippen LogP contribution in [0.5, 0.6) is 6.01 Å². The van der Waals surface area contributed by atoms with Crippen molar-refractivity contribution in [3.63, 3.8) is 0 Å². The molecule has 0 N–H and O–H groups in total. The number of likely N-dealkylation sites (tertiary alicyclic amines) is 1. The van der Waals surface area contributed by atoms with E-state index in [-0.39, 0.29) is 17.6 Å². The monoisotopic (exact) mass is 680 g/mol. The van der Waals surface area contributed by atoms with Gasteiger partial charge in [-0.25, -0.2) is 4.39 Å². The van der Waals surface area contributed by atoms with Crippen LogP contribution in [0.1, 0.15) is 36.1 Å². The summed E-state index contributed by atoms with van der Waals surface area (Å²) in [4.78, 5) is 35.9. The van der Waals surface area contributed by atoms with Crippen LogP contribution in [0.25, 0.3) is 16.3 Å². The maximum Gasteiger partial charge on any atom is 0.318 e. The zero-order chi connectivity index (χ0) is 34.1. The number of piperazine rings is 1. The lowest BCUT2D eigenvalue weighted by atomic mass is 10.0. The fourth-order valence-electron chi connectivity index (χ4n) is 7.30. The lowest BCUT2D eigenvalue weighted by molar-refractivity contribution is -0.127. The van der Waals surface area contributed by atoms with E-state index < -0.39 is 17.8 Å². The molecular weight excluding hydrogens is 643 g/mol. The first-order chi connectivity index (χ1) is 23.8. The number of nitriles is 1. The van der Waals surface area contributed by atoms with Gasteiger partial charge in [-0.3, -0.25) is 9.78 Å². The number of amides is 1. The van der Waals surface area contributed by atoms with Crippen molar-refractivity contribution in [1.29, 1.82) is 5.26 Å². The predicted octanol–water partition coefficient (Wildman–Crippen LogP) is 5.50. The van der Waals surface area contributed by atoms with Crippen molar-refractivity contribution in [2.45, 2.75) is 44.3 Å². The summed E-state index contributed by atoms with van der Waals surface area (Å²) in [6.07, 6.45) is 5.62. The van der Waals surface area contributed by atoms with Crippen LogP contribution in [0.15, 0.2) is 61.4 Å². The van der Waals surface area contributed by atoms with Crippen molar-refractivity contribution in [2.75, 3.05) is 56.2 Å². The van der Waals surface area contributed by atoms with E-state index in [9.17, 15) is 14.4 Å². The molecule has 12 heteroatoms. The summed E-state index contributed by atoms with van der Waals surface area (Å²) in [6, 6.07) is 15.8. The summed E-state index contributed by atoms with van der Waals surface area (Å²) in [6.45, 7) is 7.86. The highest BCUT2D eigenvalue weighted by molar-refractivity contribution is 6.36. The zero-order valence-electron chi connectivity index (χ0n) is 27.5. The average molecular weight is 681 g/mol. The van der Waals surface area contributed by atoms with Gasteiger partial charge in [-0.2, -0.15) is 15.2 Å². The minimum absolute atomic E-state index is 0.0163. The van der Waals surface area contributed by atoms with Crippen molar-refractivity contribution in [2.24, 2.45) is 0 Å². The number of aromatic nitrogens is 3. The van der Waals surface area contributed by atoms with Crippen LogP contribution in [0.4, 0.5) is 15.9 Å². The quantitative estimate of drug-likeness (QED) is 0.224. The van der Waals surface area contributed by atoms with Gasteiger partial charge in [-0.15, -0.1) is 0 Å². The molecule has 0 spiro atoms. The largest absolute Gasteiger partial charge is 0.462 e. The van der Waals surface area contributed by atoms with Gasteiger partial charge in [0.25, 0.3) is 5.91 Å². The van der Waals surface area contributed by atoms with Crippen molar-refractivity contribution in [3.8, 4) is 12.1 Å². The normalized spacial score (nSPS) is 19.5. The molecule has 0 radical (unpaired) electrons. The van der Waals surface area contributed by atoms with Gasteiger partial charge in [0.05, 0.1) is 35.8 Å². The summed E-state index contributed by atoms with van der Waals surface area (Å²) in [5, 5.41) is 12.6. The molecule has 10 nitrogen and oxygen atoms in total. The Labute approximate surface area is 290 Å². The van der Waals surface area contributed by atoms with E-state index in [1.807, 2.05) is 12.1 Å². The number of hydrogen-bond donors (Lipinski definition) is 0. The number of pyridine rings is 1. The second-order valence-electron chi connectivity index (χ2n) is 12.9. The van der Waals surface area contributed by atoms with Gasteiger partial charge in [0, 0.05) is 72.4 Å². The number of hydrogen-bond acceptors (Lipinski definition) is 9. The van der Waals surface area contributed by atoms with Crippen LogP contribution in [0, 0.1) is 17.1 Å². The number of carbonyl (C=O) groups is 1. The van der Waals surface area contributed by atoms with Crippen LogP contribution in [-0.2, 0) is 17.8 Å². The fourth-order valence-corrected chi connectivity index (χ4v) is 7.58. The van der Waals surface area contributed by atoms with E-state index in [0.717, 1.165) is 59.5 Å². The Morgan fingerprint density at radius 2 is 1.94 bits per heavy atom. The van der Waals surface area contributed by atoms with Crippen molar-refractivity contribution < 1.29 is 13.9 Å². The van der Waals surface area contributed by atoms with Crippen LogP contribution in [-0.4, -0.2) is 89.1 Å². The molecule has 1 amide bonds. The van der Waals surface area contributed by atoms with Crippen molar-refractivity contribution in [3.05, 3.63) is 89.1 Å². The summed E-state index contributed by atoms with van der Waals surface area (Å²) < 4.78 is 20.9. The van der Waals surface area contributed by atoms with Crippen molar-refractivity contribution in [1.82, 2.24) is 24.8 Å². The molecular formula is C37H38ClFN8O2. The third kappa shape index (κ3) is 6.51. The summed E-state index contributed by atoms with van der Waals surface area (Å²) in [5.41, 5.74) is 3.04. The highest BCUT2D eigenvalue weighted by Gasteiger charge is 2.35. The highest BCUT2D eigenvalue weighted by Crippen LogP contribution is 2.37. The topological polar surface area (TPSA) is 102 Å². The van der Waals surface area contributed by atoms with Gasteiger partial charge >= 0.3 is 6.01 Å². The Morgan fingerprint density at radius 3 is 2.71 bits per heavy atom. The van der Waals surface area contributed by atoms with E-state index in [4.69, 9.17) is 26.3 Å². The average Bonchev–Trinajstić information content (AvgIpc) is 3.54. The first kappa shape index (κ1) is 32.7.